The molecular formula is C20H23ClO4. The molecule has 4 nitrogen and oxygen atoms in total. The van der Waals surface area contributed by atoms with Crippen LogP contribution in [0.4, 0.5) is 0 Å². The summed E-state index contributed by atoms with van der Waals surface area (Å²) in [5.41, 5.74) is 1.03. The summed E-state index contributed by atoms with van der Waals surface area (Å²) in [6, 6.07) is 14.7. The Morgan fingerprint density at radius 1 is 1.00 bits per heavy atom. The van der Waals surface area contributed by atoms with E-state index in [-0.39, 0.29) is 12.1 Å². The highest BCUT2D eigenvalue weighted by Crippen LogP contribution is 2.21. The van der Waals surface area contributed by atoms with Crippen LogP contribution in [0.2, 0.25) is 5.02 Å². The van der Waals surface area contributed by atoms with Gasteiger partial charge in [-0.15, -0.1) is 0 Å². The Morgan fingerprint density at radius 3 is 2.16 bits per heavy atom. The standard InChI is InChI=1S/C20H23ClO4/c1-4-19(20(22)24-14(2)3)25-18-11-9-17(10-12-18)23-13-15-5-7-16(21)8-6-15/h5-12,14,19H,4,13H2,1-3H3. The van der Waals surface area contributed by atoms with E-state index in [0.717, 1.165) is 11.3 Å². The van der Waals surface area contributed by atoms with Gasteiger partial charge in [-0.05, 0) is 62.2 Å². The van der Waals surface area contributed by atoms with Crippen LogP contribution >= 0.6 is 11.6 Å². The van der Waals surface area contributed by atoms with E-state index in [9.17, 15) is 4.79 Å². The Bertz CT molecular complexity index is 665. The van der Waals surface area contributed by atoms with Crippen LogP contribution in [0.15, 0.2) is 48.5 Å². The molecule has 25 heavy (non-hydrogen) atoms. The molecule has 0 bridgehead atoms. The quantitative estimate of drug-likeness (QED) is 0.618. The first kappa shape index (κ1) is 19.1. The predicted octanol–water partition coefficient (Wildman–Crippen LogP) is 5.03. The van der Waals surface area contributed by atoms with Crippen molar-refractivity contribution in [3.8, 4) is 11.5 Å². The van der Waals surface area contributed by atoms with Gasteiger partial charge in [0.05, 0.1) is 6.10 Å². The Hall–Kier alpha value is -2.20. The topological polar surface area (TPSA) is 44.8 Å². The number of esters is 1. The Balaban J connectivity index is 1.90. The van der Waals surface area contributed by atoms with Crippen LogP contribution in [0.5, 0.6) is 11.5 Å². The third-order valence-corrected chi connectivity index (χ3v) is 3.66. The molecule has 0 saturated carbocycles. The lowest BCUT2D eigenvalue weighted by Gasteiger charge is -2.18. The number of benzene rings is 2. The lowest BCUT2D eigenvalue weighted by molar-refractivity contribution is -0.155. The molecule has 0 aromatic heterocycles. The minimum absolute atomic E-state index is 0.159. The van der Waals surface area contributed by atoms with E-state index in [2.05, 4.69) is 0 Å². The molecule has 0 aliphatic carbocycles. The number of carbonyl (C=O) groups is 1. The van der Waals surface area contributed by atoms with Crippen molar-refractivity contribution in [2.24, 2.45) is 0 Å². The van der Waals surface area contributed by atoms with Crippen LogP contribution in [-0.4, -0.2) is 18.2 Å². The molecule has 0 radical (unpaired) electrons. The van der Waals surface area contributed by atoms with Gasteiger partial charge in [0.2, 0.25) is 0 Å². The highest BCUT2D eigenvalue weighted by molar-refractivity contribution is 6.30. The number of carbonyl (C=O) groups excluding carboxylic acids is 1. The maximum absolute atomic E-state index is 12.0. The van der Waals surface area contributed by atoms with E-state index >= 15 is 0 Å². The number of hydrogen-bond acceptors (Lipinski definition) is 4. The van der Waals surface area contributed by atoms with Crippen molar-refractivity contribution in [2.45, 2.75) is 46.0 Å². The van der Waals surface area contributed by atoms with Crippen molar-refractivity contribution >= 4 is 17.6 Å². The summed E-state index contributed by atoms with van der Waals surface area (Å²) in [4.78, 5) is 12.0. The smallest absolute Gasteiger partial charge is 0.347 e. The molecule has 0 aliphatic heterocycles. The summed E-state index contributed by atoms with van der Waals surface area (Å²) in [7, 11) is 0. The van der Waals surface area contributed by atoms with Gasteiger partial charge >= 0.3 is 5.97 Å². The predicted molar refractivity (Wildman–Crippen MR) is 98.2 cm³/mol. The summed E-state index contributed by atoms with van der Waals surface area (Å²) in [5.74, 6) is 0.979. The van der Waals surface area contributed by atoms with E-state index in [1.165, 1.54) is 0 Å². The minimum atomic E-state index is -0.608. The van der Waals surface area contributed by atoms with Crippen molar-refractivity contribution in [1.82, 2.24) is 0 Å². The van der Waals surface area contributed by atoms with Gasteiger partial charge < -0.3 is 14.2 Å². The third-order valence-electron chi connectivity index (χ3n) is 3.41. The van der Waals surface area contributed by atoms with Crippen molar-refractivity contribution in [3.63, 3.8) is 0 Å². The molecule has 2 aromatic rings. The van der Waals surface area contributed by atoms with Crippen molar-refractivity contribution in [2.75, 3.05) is 0 Å². The van der Waals surface area contributed by atoms with Gasteiger partial charge in [0.25, 0.3) is 0 Å². The van der Waals surface area contributed by atoms with E-state index < -0.39 is 6.10 Å². The largest absolute Gasteiger partial charge is 0.489 e. The van der Waals surface area contributed by atoms with Crippen LogP contribution in [-0.2, 0) is 16.1 Å². The van der Waals surface area contributed by atoms with E-state index in [1.807, 2.05) is 57.2 Å². The van der Waals surface area contributed by atoms with Crippen LogP contribution < -0.4 is 9.47 Å². The van der Waals surface area contributed by atoms with Crippen LogP contribution in [0.25, 0.3) is 0 Å². The molecular weight excluding hydrogens is 340 g/mol. The summed E-state index contributed by atoms with van der Waals surface area (Å²) in [5, 5.41) is 0.701. The SMILES string of the molecule is CCC(Oc1ccc(OCc2ccc(Cl)cc2)cc1)C(=O)OC(C)C. The Morgan fingerprint density at radius 2 is 1.60 bits per heavy atom. The molecule has 0 N–H and O–H groups in total. The Kier molecular flexibility index (Phi) is 7.14. The van der Waals surface area contributed by atoms with Gasteiger partial charge in [-0.25, -0.2) is 4.79 Å². The zero-order valence-corrected chi connectivity index (χ0v) is 15.5. The highest BCUT2D eigenvalue weighted by atomic mass is 35.5. The second-order valence-electron chi connectivity index (χ2n) is 5.89. The summed E-state index contributed by atoms with van der Waals surface area (Å²) < 4.78 is 16.6. The van der Waals surface area contributed by atoms with Crippen molar-refractivity contribution in [1.29, 1.82) is 0 Å². The first-order chi connectivity index (χ1) is 12.0. The normalized spacial score (nSPS) is 11.9. The molecule has 0 heterocycles. The van der Waals surface area contributed by atoms with Gasteiger partial charge in [-0.2, -0.15) is 0 Å². The summed E-state index contributed by atoms with van der Waals surface area (Å²) >= 11 is 5.86. The van der Waals surface area contributed by atoms with E-state index in [1.54, 1.807) is 12.1 Å². The molecule has 0 saturated heterocycles. The highest BCUT2D eigenvalue weighted by Gasteiger charge is 2.21. The molecule has 0 fully saturated rings. The molecule has 0 aliphatic rings. The number of ether oxygens (including phenoxy) is 3. The maximum Gasteiger partial charge on any atom is 0.347 e. The molecule has 2 aromatic carbocycles. The third kappa shape index (κ3) is 6.31. The molecule has 1 atom stereocenters. The monoisotopic (exact) mass is 362 g/mol. The fourth-order valence-corrected chi connectivity index (χ4v) is 2.26. The van der Waals surface area contributed by atoms with Gasteiger partial charge in [-0.3, -0.25) is 0 Å². The molecule has 1 unspecified atom stereocenters. The lowest BCUT2D eigenvalue weighted by atomic mass is 10.2. The Labute approximate surface area is 153 Å². The fraction of sp³-hybridized carbons (Fsp3) is 0.350. The number of hydrogen-bond donors (Lipinski definition) is 0. The van der Waals surface area contributed by atoms with Gasteiger partial charge in [0, 0.05) is 5.02 Å². The fourth-order valence-electron chi connectivity index (χ4n) is 2.13. The molecule has 134 valence electrons. The average Bonchev–Trinajstić information content (AvgIpc) is 2.59. The minimum Gasteiger partial charge on any atom is -0.489 e. The van der Waals surface area contributed by atoms with Crippen molar-refractivity contribution in [3.05, 3.63) is 59.1 Å². The summed E-state index contributed by atoms with van der Waals surface area (Å²) in [6.45, 7) is 5.97. The van der Waals surface area contributed by atoms with E-state index in [4.69, 9.17) is 25.8 Å². The van der Waals surface area contributed by atoms with Gasteiger partial charge in [0.1, 0.15) is 18.1 Å². The first-order valence-electron chi connectivity index (χ1n) is 8.32. The van der Waals surface area contributed by atoms with Crippen LogP contribution in [0.3, 0.4) is 0 Å². The molecule has 5 heteroatoms. The van der Waals surface area contributed by atoms with Crippen LogP contribution in [0.1, 0.15) is 32.8 Å². The zero-order chi connectivity index (χ0) is 18.2. The lowest BCUT2D eigenvalue weighted by Crippen LogP contribution is -2.30. The molecule has 2 rings (SSSR count). The zero-order valence-electron chi connectivity index (χ0n) is 14.7. The second-order valence-corrected chi connectivity index (χ2v) is 6.32. The second kappa shape index (κ2) is 9.33. The van der Waals surface area contributed by atoms with Gasteiger partial charge in [-0.1, -0.05) is 30.7 Å². The van der Waals surface area contributed by atoms with Gasteiger partial charge in [0.15, 0.2) is 6.10 Å². The molecule has 0 amide bonds. The summed E-state index contributed by atoms with van der Waals surface area (Å²) in [6.07, 6.45) is -0.225. The maximum atomic E-state index is 12.0. The average molecular weight is 363 g/mol. The number of rotatable bonds is 8. The molecule has 0 spiro atoms. The van der Waals surface area contributed by atoms with Crippen LogP contribution in [0, 0.1) is 0 Å². The first-order valence-corrected chi connectivity index (χ1v) is 8.70. The van der Waals surface area contributed by atoms with Crippen molar-refractivity contribution < 1.29 is 19.0 Å². The number of halogens is 1. The van der Waals surface area contributed by atoms with E-state index in [0.29, 0.717) is 23.8 Å².